The molecule has 0 amide bonds. The van der Waals surface area contributed by atoms with E-state index in [1.54, 1.807) is 10.4 Å². The van der Waals surface area contributed by atoms with Crippen LogP contribution in [0.15, 0.2) is 11.4 Å². The summed E-state index contributed by atoms with van der Waals surface area (Å²) < 4.78 is 0. The van der Waals surface area contributed by atoms with Gasteiger partial charge in [0.05, 0.1) is 0 Å². The van der Waals surface area contributed by atoms with Crippen molar-refractivity contribution in [2.75, 3.05) is 13.1 Å². The maximum atomic E-state index is 3.63. The molecule has 3 rings (SSSR count). The van der Waals surface area contributed by atoms with Crippen molar-refractivity contribution in [2.45, 2.75) is 44.8 Å². The van der Waals surface area contributed by atoms with Gasteiger partial charge in [0.25, 0.3) is 0 Å². The molecule has 1 aliphatic carbocycles. The molecule has 0 radical (unpaired) electrons. The van der Waals surface area contributed by atoms with Crippen molar-refractivity contribution < 1.29 is 0 Å². The van der Waals surface area contributed by atoms with E-state index < -0.39 is 0 Å². The van der Waals surface area contributed by atoms with Crippen LogP contribution in [0.4, 0.5) is 0 Å². The quantitative estimate of drug-likeness (QED) is 0.862. The first-order valence-electron chi connectivity index (χ1n) is 6.35. The first-order chi connectivity index (χ1) is 7.83. The average Bonchev–Trinajstić information content (AvgIpc) is 3.01. The van der Waals surface area contributed by atoms with Gasteiger partial charge < -0.3 is 5.32 Å². The number of thiophene rings is 1. The van der Waals surface area contributed by atoms with Crippen molar-refractivity contribution in [1.29, 1.82) is 0 Å². The molecular formula is C13H20N2S. The van der Waals surface area contributed by atoms with Crippen LogP contribution in [0.5, 0.6) is 0 Å². The Morgan fingerprint density at radius 2 is 2.44 bits per heavy atom. The molecule has 0 aromatic carbocycles. The minimum Gasteiger partial charge on any atom is -0.312 e. The van der Waals surface area contributed by atoms with Crippen LogP contribution in [0.25, 0.3) is 0 Å². The number of hydrogen-bond acceptors (Lipinski definition) is 3. The van der Waals surface area contributed by atoms with E-state index in [-0.39, 0.29) is 0 Å². The summed E-state index contributed by atoms with van der Waals surface area (Å²) in [6.07, 6.45) is 4.03. The molecule has 3 heteroatoms. The lowest BCUT2D eigenvalue weighted by molar-refractivity contribution is 0.188. The van der Waals surface area contributed by atoms with E-state index in [0.29, 0.717) is 6.04 Å². The van der Waals surface area contributed by atoms with Crippen molar-refractivity contribution in [3.63, 3.8) is 0 Å². The van der Waals surface area contributed by atoms with E-state index in [1.165, 1.54) is 25.8 Å². The molecule has 1 saturated carbocycles. The maximum Gasteiger partial charge on any atom is 0.0248 e. The normalized spacial score (nSPS) is 23.1. The molecule has 1 aromatic heterocycles. The Balaban J connectivity index is 1.55. The Hall–Kier alpha value is -0.380. The van der Waals surface area contributed by atoms with E-state index in [4.69, 9.17) is 0 Å². The second kappa shape index (κ2) is 4.47. The molecule has 1 atom stereocenters. The lowest BCUT2D eigenvalue weighted by atomic mass is 10.1. The van der Waals surface area contributed by atoms with Crippen molar-refractivity contribution in [1.82, 2.24) is 10.2 Å². The third kappa shape index (κ3) is 2.31. The molecule has 1 aromatic rings. The van der Waals surface area contributed by atoms with Crippen LogP contribution in [0.1, 0.15) is 30.2 Å². The summed E-state index contributed by atoms with van der Waals surface area (Å²) in [7, 11) is 0. The molecule has 2 nitrogen and oxygen atoms in total. The largest absolute Gasteiger partial charge is 0.312 e. The highest BCUT2D eigenvalue weighted by atomic mass is 32.1. The van der Waals surface area contributed by atoms with Gasteiger partial charge >= 0.3 is 0 Å². The van der Waals surface area contributed by atoms with Gasteiger partial charge in [0.15, 0.2) is 0 Å². The topological polar surface area (TPSA) is 15.3 Å². The zero-order valence-electron chi connectivity index (χ0n) is 9.91. The second-order valence-electron chi connectivity index (χ2n) is 5.12. The molecule has 0 saturated heterocycles. The second-order valence-corrected chi connectivity index (χ2v) is 6.12. The number of hydrogen-bond donors (Lipinski definition) is 1. The minimum absolute atomic E-state index is 0.675. The number of nitrogens with one attached hydrogen (secondary N) is 1. The van der Waals surface area contributed by atoms with E-state index in [2.05, 4.69) is 28.6 Å². The predicted molar refractivity (Wildman–Crippen MR) is 68.9 cm³/mol. The first-order valence-corrected chi connectivity index (χ1v) is 7.23. The fourth-order valence-corrected chi connectivity index (χ4v) is 3.29. The summed E-state index contributed by atoms with van der Waals surface area (Å²) in [6.45, 7) is 5.91. The predicted octanol–water partition coefficient (Wildman–Crippen LogP) is 2.25. The molecule has 2 aliphatic rings. The van der Waals surface area contributed by atoms with Gasteiger partial charge in [-0.3, -0.25) is 4.90 Å². The Bertz CT molecular complexity index is 357. The van der Waals surface area contributed by atoms with Crippen LogP contribution in [0.2, 0.25) is 0 Å². The standard InChI is InChI=1S/C13H20N2S/c1-10(8-14-12-2-3-12)15-6-4-13-11(9-15)5-7-16-13/h5,7,10,12,14H,2-4,6,8-9H2,1H3. The van der Waals surface area contributed by atoms with Gasteiger partial charge in [-0.2, -0.15) is 0 Å². The van der Waals surface area contributed by atoms with E-state index in [9.17, 15) is 0 Å². The van der Waals surface area contributed by atoms with Gasteiger partial charge in [-0.15, -0.1) is 11.3 Å². The Kier molecular flexibility index (Phi) is 3.01. The smallest absolute Gasteiger partial charge is 0.0248 e. The molecule has 1 unspecified atom stereocenters. The van der Waals surface area contributed by atoms with E-state index in [0.717, 1.165) is 19.1 Å². The summed E-state index contributed by atoms with van der Waals surface area (Å²) in [5, 5.41) is 5.87. The molecule has 0 bridgehead atoms. The fraction of sp³-hybridized carbons (Fsp3) is 0.692. The lowest BCUT2D eigenvalue weighted by Gasteiger charge is -2.32. The van der Waals surface area contributed by atoms with Crippen LogP contribution in [-0.4, -0.2) is 30.1 Å². The monoisotopic (exact) mass is 236 g/mol. The van der Waals surface area contributed by atoms with Crippen molar-refractivity contribution in [2.24, 2.45) is 0 Å². The summed E-state index contributed by atoms with van der Waals surface area (Å²) in [5.74, 6) is 0. The third-order valence-electron chi connectivity index (χ3n) is 3.74. The average molecular weight is 236 g/mol. The maximum absolute atomic E-state index is 3.63. The number of fused-ring (bicyclic) bond motifs is 1. The van der Waals surface area contributed by atoms with Gasteiger partial charge in [-0.25, -0.2) is 0 Å². The van der Waals surface area contributed by atoms with Crippen molar-refractivity contribution in [3.05, 3.63) is 21.9 Å². The van der Waals surface area contributed by atoms with Gasteiger partial charge in [0.1, 0.15) is 0 Å². The molecule has 1 N–H and O–H groups in total. The zero-order valence-corrected chi connectivity index (χ0v) is 10.7. The number of rotatable bonds is 4. The zero-order chi connectivity index (χ0) is 11.0. The third-order valence-corrected chi connectivity index (χ3v) is 4.76. The van der Waals surface area contributed by atoms with Crippen LogP contribution in [0, 0.1) is 0 Å². The highest BCUT2D eigenvalue weighted by molar-refractivity contribution is 7.10. The first kappa shape index (κ1) is 10.8. The summed E-state index contributed by atoms with van der Waals surface area (Å²) in [6, 6.07) is 3.81. The van der Waals surface area contributed by atoms with Crippen LogP contribution < -0.4 is 5.32 Å². The number of nitrogens with zero attached hydrogens (tertiary/aromatic N) is 1. The van der Waals surface area contributed by atoms with Gasteiger partial charge in [0.2, 0.25) is 0 Å². The highest BCUT2D eigenvalue weighted by Gasteiger charge is 2.24. The van der Waals surface area contributed by atoms with Crippen LogP contribution in [-0.2, 0) is 13.0 Å². The fourth-order valence-electron chi connectivity index (χ4n) is 2.40. The SMILES string of the molecule is CC(CNC1CC1)N1CCc2sccc2C1. The van der Waals surface area contributed by atoms with E-state index >= 15 is 0 Å². The molecule has 1 aliphatic heterocycles. The van der Waals surface area contributed by atoms with Crippen LogP contribution in [0.3, 0.4) is 0 Å². The molecule has 2 heterocycles. The van der Waals surface area contributed by atoms with Crippen molar-refractivity contribution >= 4 is 11.3 Å². The molecule has 0 spiro atoms. The van der Waals surface area contributed by atoms with Gasteiger partial charge in [0, 0.05) is 36.6 Å². The Labute approximate surface area is 102 Å². The van der Waals surface area contributed by atoms with Gasteiger partial charge in [-0.1, -0.05) is 0 Å². The summed E-state index contributed by atoms with van der Waals surface area (Å²) in [4.78, 5) is 4.23. The minimum atomic E-state index is 0.675. The van der Waals surface area contributed by atoms with Gasteiger partial charge in [-0.05, 0) is 43.2 Å². The summed E-state index contributed by atoms with van der Waals surface area (Å²) >= 11 is 1.93. The summed E-state index contributed by atoms with van der Waals surface area (Å²) in [5.41, 5.74) is 1.56. The molecule has 1 fully saturated rings. The highest BCUT2D eigenvalue weighted by Crippen LogP contribution is 2.25. The molecule has 88 valence electrons. The van der Waals surface area contributed by atoms with E-state index in [1.807, 2.05) is 11.3 Å². The molecular weight excluding hydrogens is 216 g/mol. The molecule has 16 heavy (non-hydrogen) atoms. The Morgan fingerprint density at radius 3 is 3.25 bits per heavy atom. The Morgan fingerprint density at radius 1 is 1.56 bits per heavy atom. The van der Waals surface area contributed by atoms with Crippen LogP contribution >= 0.6 is 11.3 Å². The lowest BCUT2D eigenvalue weighted by Crippen LogP contribution is -2.43. The van der Waals surface area contributed by atoms with Crippen molar-refractivity contribution in [3.8, 4) is 0 Å².